The molecule has 0 spiro atoms. The Hall–Kier alpha value is 0.190. The van der Waals surface area contributed by atoms with Crippen molar-refractivity contribution < 1.29 is 0 Å². The van der Waals surface area contributed by atoms with E-state index in [9.17, 15) is 0 Å². The topological polar surface area (TPSA) is 24.1 Å². The van der Waals surface area contributed by atoms with E-state index in [-0.39, 0.29) is 0 Å². The van der Waals surface area contributed by atoms with Crippen LogP contribution in [-0.2, 0) is 6.54 Å². The molecule has 1 aromatic carbocycles. The quantitative estimate of drug-likeness (QED) is 0.662. The van der Waals surface area contributed by atoms with Crippen LogP contribution in [0.3, 0.4) is 0 Å². The van der Waals surface area contributed by atoms with E-state index in [1.807, 2.05) is 11.8 Å². The molecule has 0 fully saturated rings. The van der Waals surface area contributed by atoms with E-state index in [1.54, 1.807) is 0 Å². The Labute approximate surface area is 136 Å². The second-order valence-electron chi connectivity index (χ2n) is 4.49. The number of hydrogen-bond acceptors (Lipinski definition) is 3. The average molecular weight is 406 g/mol. The molecule has 2 nitrogen and oxygen atoms in total. The van der Waals surface area contributed by atoms with Gasteiger partial charge in [-0.1, -0.05) is 37.9 Å². The van der Waals surface area contributed by atoms with Gasteiger partial charge in [-0.05, 0) is 55.1 Å². The lowest BCUT2D eigenvalue weighted by Gasteiger charge is -2.11. The van der Waals surface area contributed by atoms with Crippen molar-refractivity contribution in [2.45, 2.75) is 24.8 Å². The summed E-state index contributed by atoms with van der Waals surface area (Å²) in [6.45, 7) is 3.04. The van der Waals surface area contributed by atoms with Crippen LogP contribution in [0.1, 0.15) is 18.4 Å². The Balaban J connectivity index is 1.56. The lowest BCUT2D eigenvalue weighted by molar-refractivity contribution is 0.584. The third-order valence-corrected chi connectivity index (χ3v) is 4.80. The summed E-state index contributed by atoms with van der Waals surface area (Å²) >= 11 is 8.90. The molecule has 1 aliphatic rings. The molecule has 0 aromatic heterocycles. The van der Waals surface area contributed by atoms with Gasteiger partial charge in [-0.15, -0.1) is 11.8 Å². The Morgan fingerprint density at radius 1 is 1.16 bits per heavy atom. The molecule has 0 saturated carbocycles. The van der Waals surface area contributed by atoms with Gasteiger partial charge >= 0.3 is 0 Å². The van der Waals surface area contributed by atoms with Crippen molar-refractivity contribution in [1.82, 2.24) is 10.6 Å². The molecular formula is C14H18Br2N2S. The van der Waals surface area contributed by atoms with Crippen LogP contribution >= 0.6 is 43.6 Å². The van der Waals surface area contributed by atoms with Crippen molar-refractivity contribution in [3.05, 3.63) is 44.2 Å². The Kier molecular flexibility index (Phi) is 6.94. The van der Waals surface area contributed by atoms with Crippen LogP contribution in [0.25, 0.3) is 0 Å². The van der Waals surface area contributed by atoms with Crippen molar-refractivity contribution >= 4 is 43.6 Å². The number of nitrogens with one attached hydrogen (secondary N) is 2. The third-order valence-electron chi connectivity index (χ3n) is 2.84. The van der Waals surface area contributed by atoms with E-state index in [1.165, 1.54) is 5.56 Å². The predicted octanol–water partition coefficient (Wildman–Crippen LogP) is 4.26. The molecule has 1 heterocycles. The molecule has 0 amide bonds. The maximum absolute atomic E-state index is 3.54. The van der Waals surface area contributed by atoms with Gasteiger partial charge in [0.1, 0.15) is 0 Å². The van der Waals surface area contributed by atoms with Gasteiger partial charge in [0.05, 0.1) is 5.37 Å². The van der Waals surface area contributed by atoms with Crippen LogP contribution in [-0.4, -0.2) is 18.5 Å². The number of halogens is 2. The molecule has 1 aliphatic heterocycles. The number of hydrogen-bond donors (Lipinski definition) is 2. The SMILES string of the molecule is Brc1cc(Br)cc(CNCCCNC2CC=CS2)c1. The monoisotopic (exact) mass is 404 g/mol. The Morgan fingerprint density at radius 2 is 1.95 bits per heavy atom. The minimum absolute atomic E-state index is 0.598. The van der Waals surface area contributed by atoms with Crippen molar-refractivity contribution in [2.75, 3.05) is 13.1 Å². The van der Waals surface area contributed by atoms with Gasteiger partial charge in [0, 0.05) is 15.5 Å². The van der Waals surface area contributed by atoms with Crippen molar-refractivity contribution in [3.8, 4) is 0 Å². The molecule has 2 rings (SSSR count). The second kappa shape index (κ2) is 8.47. The summed E-state index contributed by atoms with van der Waals surface area (Å²) in [6.07, 6.45) is 4.54. The molecule has 0 aliphatic carbocycles. The molecule has 0 radical (unpaired) electrons. The van der Waals surface area contributed by atoms with E-state index < -0.39 is 0 Å². The lowest BCUT2D eigenvalue weighted by Crippen LogP contribution is -2.27. The zero-order valence-corrected chi connectivity index (χ0v) is 14.7. The van der Waals surface area contributed by atoms with Crippen LogP contribution in [0.4, 0.5) is 0 Å². The molecule has 0 saturated heterocycles. The minimum atomic E-state index is 0.598. The Bertz CT molecular complexity index is 409. The van der Waals surface area contributed by atoms with Crippen LogP contribution < -0.4 is 10.6 Å². The van der Waals surface area contributed by atoms with Gasteiger partial charge in [-0.3, -0.25) is 0 Å². The first-order valence-electron chi connectivity index (χ1n) is 6.43. The highest BCUT2D eigenvalue weighted by Gasteiger charge is 2.08. The lowest BCUT2D eigenvalue weighted by atomic mass is 10.2. The fourth-order valence-electron chi connectivity index (χ4n) is 1.94. The van der Waals surface area contributed by atoms with Gasteiger partial charge in [0.15, 0.2) is 0 Å². The number of thioether (sulfide) groups is 1. The van der Waals surface area contributed by atoms with Gasteiger partial charge in [0.2, 0.25) is 0 Å². The number of benzene rings is 1. The highest BCUT2D eigenvalue weighted by Crippen LogP contribution is 2.21. The molecule has 1 atom stereocenters. The largest absolute Gasteiger partial charge is 0.313 e. The van der Waals surface area contributed by atoms with Crippen molar-refractivity contribution in [1.29, 1.82) is 0 Å². The van der Waals surface area contributed by atoms with Gasteiger partial charge < -0.3 is 10.6 Å². The summed E-state index contributed by atoms with van der Waals surface area (Å²) in [5, 5.41) is 9.80. The number of rotatable bonds is 7. The second-order valence-corrected chi connectivity index (χ2v) is 7.44. The molecule has 104 valence electrons. The maximum Gasteiger partial charge on any atom is 0.0608 e. The molecular weight excluding hydrogens is 388 g/mol. The first-order chi connectivity index (χ1) is 9.24. The summed E-state index contributed by atoms with van der Waals surface area (Å²) in [7, 11) is 0. The molecule has 1 unspecified atom stereocenters. The van der Waals surface area contributed by atoms with Crippen molar-refractivity contribution in [3.63, 3.8) is 0 Å². The molecule has 19 heavy (non-hydrogen) atoms. The summed E-state index contributed by atoms with van der Waals surface area (Å²) in [5.41, 5.74) is 1.30. The highest BCUT2D eigenvalue weighted by atomic mass is 79.9. The minimum Gasteiger partial charge on any atom is -0.313 e. The van der Waals surface area contributed by atoms with E-state index in [4.69, 9.17) is 0 Å². The smallest absolute Gasteiger partial charge is 0.0608 e. The van der Waals surface area contributed by atoms with Gasteiger partial charge in [-0.2, -0.15) is 0 Å². The van der Waals surface area contributed by atoms with Crippen LogP contribution in [0, 0.1) is 0 Å². The standard InChI is InChI=1S/C14H18Br2N2S/c15-12-7-11(8-13(16)9-12)10-17-4-2-5-18-14-3-1-6-19-14/h1,6-9,14,17-18H,2-5,10H2. The zero-order chi connectivity index (χ0) is 13.5. The first kappa shape index (κ1) is 15.6. The van der Waals surface area contributed by atoms with Crippen LogP contribution in [0.2, 0.25) is 0 Å². The van der Waals surface area contributed by atoms with Gasteiger partial charge in [-0.25, -0.2) is 0 Å². The summed E-state index contributed by atoms with van der Waals surface area (Å²) in [4.78, 5) is 0. The average Bonchev–Trinajstić information content (AvgIpc) is 2.85. The van der Waals surface area contributed by atoms with E-state index >= 15 is 0 Å². The third kappa shape index (κ3) is 6.00. The fraction of sp³-hybridized carbons (Fsp3) is 0.429. The first-order valence-corrected chi connectivity index (χ1v) is 8.96. The van der Waals surface area contributed by atoms with E-state index in [0.29, 0.717) is 5.37 Å². The molecule has 2 N–H and O–H groups in total. The summed E-state index contributed by atoms with van der Waals surface area (Å²) in [6, 6.07) is 6.36. The Morgan fingerprint density at radius 3 is 2.63 bits per heavy atom. The van der Waals surface area contributed by atoms with Crippen LogP contribution in [0.5, 0.6) is 0 Å². The normalized spacial score (nSPS) is 18.1. The maximum atomic E-state index is 3.54. The molecule has 0 bridgehead atoms. The molecule has 5 heteroatoms. The van der Waals surface area contributed by atoms with Crippen molar-refractivity contribution in [2.24, 2.45) is 0 Å². The summed E-state index contributed by atoms with van der Waals surface area (Å²) < 4.78 is 2.23. The van der Waals surface area contributed by atoms with E-state index in [2.05, 4.69) is 72.2 Å². The summed E-state index contributed by atoms with van der Waals surface area (Å²) in [5.74, 6) is 0. The zero-order valence-electron chi connectivity index (χ0n) is 10.7. The molecule has 1 aromatic rings. The van der Waals surface area contributed by atoms with Crippen LogP contribution in [0.15, 0.2) is 38.6 Å². The van der Waals surface area contributed by atoms with E-state index in [0.717, 1.165) is 41.4 Å². The van der Waals surface area contributed by atoms with Gasteiger partial charge in [0.25, 0.3) is 0 Å². The highest BCUT2D eigenvalue weighted by molar-refractivity contribution is 9.11. The predicted molar refractivity (Wildman–Crippen MR) is 91.3 cm³/mol. The fourth-order valence-corrected chi connectivity index (χ4v) is 4.18.